The normalized spacial score (nSPS) is 13.5. The van der Waals surface area contributed by atoms with Crippen molar-refractivity contribution >= 4 is 40.2 Å². The van der Waals surface area contributed by atoms with Gasteiger partial charge in [0.05, 0.1) is 6.21 Å². The Hall–Kier alpha value is -3.83. The molecular weight excluding hydrogens is 458 g/mol. The van der Waals surface area contributed by atoms with Gasteiger partial charge in [-0.25, -0.2) is 5.43 Å². The van der Waals surface area contributed by atoms with E-state index in [2.05, 4.69) is 15.4 Å². The first kappa shape index (κ1) is 22.9. The molecule has 6 heteroatoms. The average Bonchev–Trinajstić information content (AvgIpc) is 3.44. The molecule has 1 fully saturated rings. The van der Waals surface area contributed by atoms with E-state index in [1.165, 1.54) is 12.8 Å². The number of ether oxygens (including phenoxy) is 1. The second-order valence-electron chi connectivity index (χ2n) is 8.52. The minimum atomic E-state index is -0.256. The monoisotopic (exact) mass is 483 g/mol. The van der Waals surface area contributed by atoms with Gasteiger partial charge in [-0.2, -0.15) is 5.10 Å². The van der Waals surface area contributed by atoms with Gasteiger partial charge >= 0.3 is 0 Å². The number of rotatable bonds is 7. The molecule has 176 valence electrons. The van der Waals surface area contributed by atoms with Crippen molar-refractivity contribution < 1.29 is 9.53 Å². The standard InChI is InChI=1S/C29H26ClN3O2/c30-27-10-4-2-8-23(27)20-35-28-16-13-21-7-1-3-9-25(21)26(28)19-31-32-29(34)22-11-14-24(15-12-22)33-17-5-6-18-33/h1-4,7-16,19H,5-6,17-18,20H2,(H,32,34)/b31-19-. The van der Waals surface area contributed by atoms with E-state index in [1.54, 1.807) is 6.21 Å². The maximum atomic E-state index is 12.7. The number of hydrogen-bond donors (Lipinski definition) is 1. The molecule has 5 rings (SSSR count). The van der Waals surface area contributed by atoms with E-state index in [4.69, 9.17) is 16.3 Å². The molecule has 4 aromatic carbocycles. The fraction of sp³-hybridized carbons (Fsp3) is 0.172. The number of carbonyl (C=O) groups is 1. The number of carbonyl (C=O) groups excluding carboxylic acids is 1. The van der Waals surface area contributed by atoms with E-state index >= 15 is 0 Å². The van der Waals surface area contributed by atoms with E-state index < -0.39 is 0 Å². The Morgan fingerprint density at radius 3 is 2.49 bits per heavy atom. The average molecular weight is 484 g/mol. The van der Waals surface area contributed by atoms with Crippen LogP contribution in [0.25, 0.3) is 10.8 Å². The van der Waals surface area contributed by atoms with E-state index in [0.717, 1.165) is 40.7 Å². The molecule has 0 saturated carbocycles. The maximum Gasteiger partial charge on any atom is 0.271 e. The van der Waals surface area contributed by atoms with Crippen LogP contribution in [-0.2, 0) is 6.61 Å². The van der Waals surface area contributed by atoms with Crippen molar-refractivity contribution in [3.8, 4) is 5.75 Å². The van der Waals surface area contributed by atoms with Crippen molar-refractivity contribution in [3.63, 3.8) is 0 Å². The molecule has 1 aliphatic heterocycles. The van der Waals surface area contributed by atoms with Gasteiger partial charge in [-0.3, -0.25) is 4.79 Å². The molecular formula is C29H26ClN3O2. The lowest BCUT2D eigenvalue weighted by atomic mass is 10.0. The number of anilines is 1. The van der Waals surface area contributed by atoms with Crippen LogP contribution in [0.3, 0.4) is 0 Å². The van der Waals surface area contributed by atoms with Gasteiger partial charge < -0.3 is 9.64 Å². The SMILES string of the molecule is O=C(N/N=C\c1c(OCc2ccccc2Cl)ccc2ccccc12)c1ccc(N2CCCC2)cc1. The minimum Gasteiger partial charge on any atom is -0.488 e. The smallest absolute Gasteiger partial charge is 0.271 e. The molecule has 1 amide bonds. The summed E-state index contributed by atoms with van der Waals surface area (Å²) in [4.78, 5) is 15.0. The van der Waals surface area contributed by atoms with Gasteiger partial charge in [0.15, 0.2) is 0 Å². The van der Waals surface area contributed by atoms with Gasteiger partial charge in [-0.1, -0.05) is 60.1 Å². The molecule has 1 aliphatic rings. The fourth-order valence-electron chi connectivity index (χ4n) is 4.32. The van der Waals surface area contributed by atoms with E-state index in [9.17, 15) is 4.79 Å². The molecule has 1 N–H and O–H groups in total. The van der Waals surface area contributed by atoms with E-state index in [0.29, 0.717) is 22.9 Å². The summed E-state index contributed by atoms with van der Waals surface area (Å²) in [5.41, 5.74) is 6.06. The van der Waals surface area contributed by atoms with Crippen molar-refractivity contribution in [2.75, 3.05) is 18.0 Å². The van der Waals surface area contributed by atoms with Crippen molar-refractivity contribution in [1.82, 2.24) is 5.43 Å². The summed E-state index contributed by atoms with van der Waals surface area (Å²) < 4.78 is 6.12. The number of amides is 1. The lowest BCUT2D eigenvalue weighted by molar-refractivity contribution is 0.0955. The molecule has 1 heterocycles. The highest BCUT2D eigenvalue weighted by atomic mass is 35.5. The maximum absolute atomic E-state index is 12.7. The Bertz CT molecular complexity index is 1360. The van der Waals surface area contributed by atoms with Crippen molar-refractivity contribution in [3.05, 3.63) is 107 Å². The number of fused-ring (bicyclic) bond motifs is 1. The second kappa shape index (κ2) is 10.6. The largest absolute Gasteiger partial charge is 0.488 e. The van der Waals surface area contributed by atoms with Crippen molar-refractivity contribution in [2.45, 2.75) is 19.4 Å². The molecule has 0 radical (unpaired) electrons. The van der Waals surface area contributed by atoms with Gasteiger partial charge in [0.25, 0.3) is 5.91 Å². The topological polar surface area (TPSA) is 53.9 Å². The predicted octanol–water partition coefficient (Wildman–Crippen LogP) is 6.44. The number of hydrogen-bond acceptors (Lipinski definition) is 4. The summed E-state index contributed by atoms with van der Waals surface area (Å²) in [7, 11) is 0. The highest BCUT2D eigenvalue weighted by Gasteiger charge is 2.13. The minimum absolute atomic E-state index is 0.256. The first-order valence-corrected chi connectivity index (χ1v) is 12.1. The first-order valence-electron chi connectivity index (χ1n) is 11.8. The molecule has 35 heavy (non-hydrogen) atoms. The molecule has 0 aromatic heterocycles. The van der Waals surface area contributed by atoms with Crippen molar-refractivity contribution in [2.24, 2.45) is 5.10 Å². The van der Waals surface area contributed by atoms with Gasteiger partial charge in [-0.15, -0.1) is 0 Å². The molecule has 1 saturated heterocycles. The van der Waals surface area contributed by atoms with Crippen LogP contribution in [0.5, 0.6) is 5.75 Å². The Labute approximate surface area is 210 Å². The summed E-state index contributed by atoms with van der Waals surface area (Å²) in [6, 6.07) is 27.2. The summed E-state index contributed by atoms with van der Waals surface area (Å²) in [5, 5.41) is 6.96. The van der Waals surface area contributed by atoms with Gasteiger partial charge in [-0.05, 0) is 60.0 Å². The van der Waals surface area contributed by atoms with Gasteiger partial charge in [0.1, 0.15) is 12.4 Å². The number of nitrogens with one attached hydrogen (secondary N) is 1. The molecule has 0 spiro atoms. The number of nitrogens with zero attached hydrogens (tertiary/aromatic N) is 2. The summed E-state index contributed by atoms with van der Waals surface area (Å²) in [6.45, 7) is 2.47. The quantitative estimate of drug-likeness (QED) is 0.243. The Balaban J connectivity index is 1.33. The number of benzene rings is 4. The summed E-state index contributed by atoms with van der Waals surface area (Å²) >= 11 is 6.29. The number of halogens is 1. The Kier molecular flexibility index (Phi) is 6.96. The van der Waals surface area contributed by atoms with E-state index in [1.807, 2.05) is 84.9 Å². The van der Waals surface area contributed by atoms with Crippen LogP contribution < -0.4 is 15.1 Å². The summed E-state index contributed by atoms with van der Waals surface area (Å²) in [5.74, 6) is 0.407. The zero-order valence-electron chi connectivity index (χ0n) is 19.3. The third-order valence-corrected chi connectivity index (χ3v) is 6.60. The number of hydrazone groups is 1. The fourth-order valence-corrected chi connectivity index (χ4v) is 4.51. The third-order valence-electron chi connectivity index (χ3n) is 6.23. The van der Waals surface area contributed by atoms with Crippen LogP contribution in [0.15, 0.2) is 90.0 Å². The highest BCUT2D eigenvalue weighted by Crippen LogP contribution is 2.28. The zero-order chi connectivity index (χ0) is 24.0. The zero-order valence-corrected chi connectivity index (χ0v) is 20.0. The van der Waals surface area contributed by atoms with Crippen LogP contribution in [0.2, 0.25) is 5.02 Å². The lowest BCUT2D eigenvalue weighted by Crippen LogP contribution is -2.19. The lowest BCUT2D eigenvalue weighted by Gasteiger charge is -2.17. The summed E-state index contributed by atoms with van der Waals surface area (Å²) in [6.07, 6.45) is 4.07. The molecule has 0 unspecified atom stereocenters. The van der Waals surface area contributed by atoms with Crippen LogP contribution in [0.1, 0.15) is 34.3 Å². The Morgan fingerprint density at radius 2 is 1.69 bits per heavy atom. The van der Waals surface area contributed by atoms with Gasteiger partial charge in [0.2, 0.25) is 0 Å². The third kappa shape index (κ3) is 5.31. The van der Waals surface area contributed by atoms with Crippen LogP contribution in [0.4, 0.5) is 5.69 Å². The predicted molar refractivity (Wildman–Crippen MR) is 143 cm³/mol. The van der Waals surface area contributed by atoms with Gasteiger partial charge in [0, 0.05) is 40.5 Å². The van der Waals surface area contributed by atoms with Crippen molar-refractivity contribution in [1.29, 1.82) is 0 Å². The van der Waals surface area contributed by atoms with E-state index in [-0.39, 0.29) is 5.91 Å². The van der Waals surface area contributed by atoms with Crippen LogP contribution in [0, 0.1) is 0 Å². The second-order valence-corrected chi connectivity index (χ2v) is 8.93. The highest BCUT2D eigenvalue weighted by molar-refractivity contribution is 6.31. The molecule has 4 aromatic rings. The molecule has 0 aliphatic carbocycles. The van der Waals surface area contributed by atoms with Crippen LogP contribution in [-0.4, -0.2) is 25.2 Å². The van der Waals surface area contributed by atoms with Crippen LogP contribution >= 0.6 is 11.6 Å². The Morgan fingerprint density at radius 1 is 0.943 bits per heavy atom. The molecule has 0 atom stereocenters. The molecule has 0 bridgehead atoms. The molecule has 5 nitrogen and oxygen atoms in total. The first-order chi connectivity index (χ1) is 17.2.